The molecule has 2 aromatic carbocycles. The van der Waals surface area contributed by atoms with Gasteiger partial charge in [-0.1, -0.05) is 29.3 Å². The lowest BCUT2D eigenvalue weighted by atomic mass is 9.95. The first-order valence-corrected chi connectivity index (χ1v) is 7.07. The summed E-state index contributed by atoms with van der Waals surface area (Å²) in [6.45, 7) is 6.74. The van der Waals surface area contributed by atoms with Crippen LogP contribution in [0, 0.1) is 20.8 Å². The highest BCUT2D eigenvalue weighted by Gasteiger charge is 2.13. The van der Waals surface area contributed by atoms with E-state index in [9.17, 15) is 0 Å². The predicted octanol–water partition coefficient (Wildman–Crippen LogP) is 4.34. The lowest BCUT2D eigenvalue weighted by molar-refractivity contribution is 0.290. The maximum Gasteiger partial charge on any atom is 0.119 e. The molecule has 0 radical (unpaired) electrons. The van der Waals surface area contributed by atoms with Crippen LogP contribution in [-0.2, 0) is 0 Å². The van der Waals surface area contributed by atoms with E-state index in [1.165, 1.54) is 22.3 Å². The molecule has 2 nitrogen and oxygen atoms in total. The number of ether oxygens (including phenoxy) is 1. The molecule has 2 N–H and O–H groups in total. The van der Waals surface area contributed by atoms with Gasteiger partial charge < -0.3 is 10.5 Å². The zero-order chi connectivity index (χ0) is 14.7. The molecule has 2 aromatic rings. The first-order valence-electron chi connectivity index (χ1n) is 6.69. The van der Waals surface area contributed by atoms with Crippen LogP contribution in [-0.4, -0.2) is 6.61 Å². The molecule has 0 saturated carbocycles. The van der Waals surface area contributed by atoms with Gasteiger partial charge in [-0.3, -0.25) is 0 Å². The van der Waals surface area contributed by atoms with Gasteiger partial charge in [-0.2, -0.15) is 0 Å². The zero-order valence-corrected chi connectivity index (χ0v) is 12.9. The Balaban J connectivity index is 2.09. The van der Waals surface area contributed by atoms with Crippen LogP contribution in [0.4, 0.5) is 0 Å². The quantitative estimate of drug-likeness (QED) is 0.908. The summed E-state index contributed by atoms with van der Waals surface area (Å²) in [7, 11) is 0. The molecular weight excluding hydrogens is 270 g/mol. The molecule has 3 heteroatoms. The molecule has 0 heterocycles. The SMILES string of the molecule is Cc1cc(C)c(C(N)COc2ccc(Cl)cc2)c(C)c1. The van der Waals surface area contributed by atoms with Crippen LogP contribution in [0.5, 0.6) is 5.75 Å². The van der Waals surface area contributed by atoms with E-state index >= 15 is 0 Å². The second kappa shape index (κ2) is 6.29. The molecule has 0 aliphatic carbocycles. The maximum atomic E-state index is 6.27. The van der Waals surface area contributed by atoms with Gasteiger partial charge in [0, 0.05) is 5.02 Å². The summed E-state index contributed by atoms with van der Waals surface area (Å²) in [6, 6.07) is 11.5. The lowest BCUT2D eigenvalue weighted by Gasteiger charge is -2.19. The number of aryl methyl sites for hydroxylation is 3. The summed E-state index contributed by atoms with van der Waals surface area (Å²) in [5.74, 6) is 0.785. The fourth-order valence-electron chi connectivity index (χ4n) is 2.58. The Morgan fingerprint density at radius 2 is 1.60 bits per heavy atom. The second-order valence-electron chi connectivity index (χ2n) is 5.18. The molecule has 0 aliphatic heterocycles. The van der Waals surface area contributed by atoms with Crippen molar-refractivity contribution in [3.05, 3.63) is 63.7 Å². The van der Waals surface area contributed by atoms with Gasteiger partial charge in [0.25, 0.3) is 0 Å². The van der Waals surface area contributed by atoms with Crippen molar-refractivity contribution >= 4 is 11.6 Å². The Morgan fingerprint density at radius 1 is 1.05 bits per heavy atom. The molecule has 0 fully saturated rings. The van der Waals surface area contributed by atoms with E-state index in [0.717, 1.165) is 5.75 Å². The van der Waals surface area contributed by atoms with Crippen LogP contribution in [0.1, 0.15) is 28.3 Å². The molecule has 1 unspecified atom stereocenters. The molecule has 1 atom stereocenters. The summed E-state index contributed by atoms with van der Waals surface area (Å²) in [5, 5.41) is 0.701. The minimum absolute atomic E-state index is 0.133. The van der Waals surface area contributed by atoms with Gasteiger partial charge in [0.05, 0.1) is 6.04 Å². The van der Waals surface area contributed by atoms with Crippen LogP contribution in [0.25, 0.3) is 0 Å². The molecule has 0 amide bonds. The van der Waals surface area contributed by atoms with Gasteiger partial charge in [0.15, 0.2) is 0 Å². The number of hydrogen-bond donors (Lipinski definition) is 1. The minimum atomic E-state index is -0.133. The van der Waals surface area contributed by atoms with Gasteiger partial charge in [-0.15, -0.1) is 0 Å². The molecular formula is C17H20ClNO. The fourth-order valence-corrected chi connectivity index (χ4v) is 2.70. The fraction of sp³-hybridized carbons (Fsp3) is 0.294. The Kier molecular flexibility index (Phi) is 4.69. The largest absolute Gasteiger partial charge is 0.492 e. The van der Waals surface area contributed by atoms with Gasteiger partial charge >= 0.3 is 0 Å². The highest BCUT2D eigenvalue weighted by molar-refractivity contribution is 6.30. The summed E-state index contributed by atoms with van der Waals surface area (Å²) in [4.78, 5) is 0. The summed E-state index contributed by atoms with van der Waals surface area (Å²) in [5.41, 5.74) is 11.1. The van der Waals surface area contributed by atoms with Gasteiger partial charge in [-0.05, 0) is 61.7 Å². The summed E-state index contributed by atoms with van der Waals surface area (Å²) < 4.78 is 5.73. The van der Waals surface area contributed by atoms with Crippen molar-refractivity contribution < 1.29 is 4.74 Å². The van der Waals surface area contributed by atoms with E-state index in [4.69, 9.17) is 22.1 Å². The van der Waals surface area contributed by atoms with E-state index in [1.54, 1.807) is 0 Å². The molecule has 0 saturated heterocycles. The minimum Gasteiger partial charge on any atom is -0.492 e. The molecule has 20 heavy (non-hydrogen) atoms. The molecule has 0 bridgehead atoms. The molecule has 106 valence electrons. The normalized spacial score (nSPS) is 12.2. The first-order chi connectivity index (χ1) is 9.47. The Morgan fingerprint density at radius 3 is 2.15 bits per heavy atom. The first kappa shape index (κ1) is 14.9. The number of hydrogen-bond acceptors (Lipinski definition) is 2. The topological polar surface area (TPSA) is 35.2 Å². The predicted molar refractivity (Wildman–Crippen MR) is 84.5 cm³/mol. The summed E-state index contributed by atoms with van der Waals surface area (Å²) in [6.07, 6.45) is 0. The van der Waals surface area contributed by atoms with Crippen LogP contribution in [0.2, 0.25) is 5.02 Å². The lowest BCUT2D eigenvalue weighted by Crippen LogP contribution is -2.21. The molecule has 0 spiro atoms. The summed E-state index contributed by atoms with van der Waals surface area (Å²) >= 11 is 5.85. The molecule has 2 rings (SSSR count). The molecule has 0 aliphatic rings. The van der Waals surface area contributed by atoms with E-state index in [2.05, 4.69) is 32.9 Å². The average molecular weight is 290 g/mol. The van der Waals surface area contributed by atoms with Crippen molar-refractivity contribution in [3.8, 4) is 5.75 Å². The highest BCUT2D eigenvalue weighted by Crippen LogP contribution is 2.23. The standard InChI is InChI=1S/C17H20ClNO/c1-11-8-12(2)17(13(3)9-11)16(19)10-20-15-6-4-14(18)5-7-15/h4-9,16H,10,19H2,1-3H3. The maximum absolute atomic E-state index is 6.27. The van der Waals surface area contributed by atoms with E-state index in [1.807, 2.05) is 24.3 Å². The van der Waals surface area contributed by atoms with Crippen LogP contribution in [0.3, 0.4) is 0 Å². The molecule has 0 aromatic heterocycles. The third-order valence-electron chi connectivity index (χ3n) is 3.35. The van der Waals surface area contributed by atoms with Crippen molar-refractivity contribution in [2.24, 2.45) is 5.73 Å². The van der Waals surface area contributed by atoms with Gasteiger partial charge in [0.1, 0.15) is 12.4 Å². The van der Waals surface area contributed by atoms with Crippen LogP contribution < -0.4 is 10.5 Å². The number of nitrogens with two attached hydrogens (primary N) is 1. The van der Waals surface area contributed by atoms with Crippen molar-refractivity contribution in [2.45, 2.75) is 26.8 Å². The Bertz CT molecular complexity index is 569. The smallest absolute Gasteiger partial charge is 0.119 e. The number of benzene rings is 2. The highest BCUT2D eigenvalue weighted by atomic mass is 35.5. The van der Waals surface area contributed by atoms with Crippen molar-refractivity contribution in [2.75, 3.05) is 6.61 Å². The second-order valence-corrected chi connectivity index (χ2v) is 5.62. The van der Waals surface area contributed by atoms with Gasteiger partial charge in [-0.25, -0.2) is 0 Å². The third kappa shape index (κ3) is 3.53. The number of halogens is 1. The number of rotatable bonds is 4. The third-order valence-corrected chi connectivity index (χ3v) is 3.60. The van der Waals surface area contributed by atoms with Crippen LogP contribution in [0.15, 0.2) is 36.4 Å². The zero-order valence-electron chi connectivity index (χ0n) is 12.1. The van der Waals surface area contributed by atoms with Crippen molar-refractivity contribution in [3.63, 3.8) is 0 Å². The van der Waals surface area contributed by atoms with Crippen LogP contribution >= 0.6 is 11.6 Å². The van der Waals surface area contributed by atoms with Gasteiger partial charge in [0.2, 0.25) is 0 Å². The Labute approximate surface area is 125 Å². The average Bonchev–Trinajstić information content (AvgIpc) is 2.37. The monoisotopic (exact) mass is 289 g/mol. The van der Waals surface area contributed by atoms with Crippen molar-refractivity contribution in [1.29, 1.82) is 0 Å². The Hall–Kier alpha value is -1.51. The van der Waals surface area contributed by atoms with E-state index in [-0.39, 0.29) is 6.04 Å². The van der Waals surface area contributed by atoms with E-state index < -0.39 is 0 Å². The van der Waals surface area contributed by atoms with E-state index in [0.29, 0.717) is 11.6 Å². The van der Waals surface area contributed by atoms with Crippen molar-refractivity contribution in [1.82, 2.24) is 0 Å².